The summed E-state index contributed by atoms with van der Waals surface area (Å²) in [6.45, 7) is 0.285. The van der Waals surface area contributed by atoms with Gasteiger partial charge in [0.05, 0.1) is 30.9 Å². The minimum Gasteiger partial charge on any atom is -0.388 e. The van der Waals surface area contributed by atoms with Crippen LogP contribution in [0.4, 0.5) is 18.9 Å². The van der Waals surface area contributed by atoms with Gasteiger partial charge in [-0.25, -0.2) is 0 Å². The molecule has 0 aromatic heterocycles. The van der Waals surface area contributed by atoms with E-state index in [4.69, 9.17) is 16.3 Å². The number of aliphatic hydroxyl groups is 1. The molecule has 1 aromatic rings. The average molecular weight is 282 g/mol. The molecule has 2 unspecified atom stereocenters. The molecule has 0 spiro atoms. The van der Waals surface area contributed by atoms with Crippen LogP contribution in [0, 0.1) is 0 Å². The molecule has 18 heavy (non-hydrogen) atoms. The van der Waals surface area contributed by atoms with Crippen molar-refractivity contribution < 1.29 is 23.0 Å². The number of nitrogens with one attached hydrogen (secondary N) is 1. The van der Waals surface area contributed by atoms with Crippen LogP contribution in [0.15, 0.2) is 18.2 Å². The van der Waals surface area contributed by atoms with Crippen molar-refractivity contribution in [1.29, 1.82) is 0 Å². The maximum Gasteiger partial charge on any atom is 0.418 e. The molecule has 1 aromatic carbocycles. The summed E-state index contributed by atoms with van der Waals surface area (Å²) in [6.07, 6.45) is -5.32. The molecule has 0 radical (unpaired) electrons. The Bertz CT molecular complexity index is 439. The lowest BCUT2D eigenvalue weighted by Crippen LogP contribution is -2.32. The van der Waals surface area contributed by atoms with Gasteiger partial charge in [0.1, 0.15) is 0 Å². The van der Waals surface area contributed by atoms with E-state index in [9.17, 15) is 18.3 Å². The van der Waals surface area contributed by atoms with Gasteiger partial charge in [0.2, 0.25) is 0 Å². The van der Waals surface area contributed by atoms with Crippen molar-refractivity contribution in [1.82, 2.24) is 0 Å². The van der Waals surface area contributed by atoms with Crippen LogP contribution in [-0.4, -0.2) is 30.5 Å². The molecular formula is C11H11ClF3NO2. The first-order valence-corrected chi connectivity index (χ1v) is 5.65. The molecular weight excluding hydrogens is 271 g/mol. The van der Waals surface area contributed by atoms with Crippen LogP contribution >= 0.6 is 11.6 Å². The fraction of sp³-hybridized carbons (Fsp3) is 0.455. The highest BCUT2D eigenvalue weighted by molar-refractivity contribution is 6.30. The maximum atomic E-state index is 12.8. The Balaban J connectivity index is 2.27. The number of anilines is 1. The monoisotopic (exact) mass is 281 g/mol. The van der Waals surface area contributed by atoms with Gasteiger partial charge in [-0.15, -0.1) is 0 Å². The highest BCUT2D eigenvalue weighted by Crippen LogP contribution is 2.37. The predicted molar refractivity (Wildman–Crippen MR) is 60.7 cm³/mol. The number of hydrogen-bond acceptors (Lipinski definition) is 3. The van der Waals surface area contributed by atoms with Gasteiger partial charge < -0.3 is 15.2 Å². The molecule has 0 amide bonds. The highest BCUT2D eigenvalue weighted by Gasteiger charge is 2.35. The average Bonchev–Trinajstić information content (AvgIpc) is 2.66. The molecule has 2 atom stereocenters. The van der Waals surface area contributed by atoms with Crippen LogP contribution in [-0.2, 0) is 10.9 Å². The molecule has 0 bridgehead atoms. The van der Waals surface area contributed by atoms with Crippen molar-refractivity contribution in [3.8, 4) is 0 Å². The Morgan fingerprint density at radius 2 is 2.06 bits per heavy atom. The first kappa shape index (κ1) is 13.5. The Kier molecular flexibility index (Phi) is 3.70. The summed E-state index contributed by atoms with van der Waals surface area (Å²) in [5, 5.41) is 12.2. The lowest BCUT2D eigenvalue weighted by molar-refractivity contribution is -0.137. The van der Waals surface area contributed by atoms with E-state index in [1.165, 1.54) is 12.1 Å². The summed E-state index contributed by atoms with van der Waals surface area (Å²) < 4.78 is 43.4. The molecule has 1 fully saturated rings. The van der Waals surface area contributed by atoms with Crippen LogP contribution < -0.4 is 5.32 Å². The van der Waals surface area contributed by atoms with Gasteiger partial charge >= 0.3 is 6.18 Å². The van der Waals surface area contributed by atoms with E-state index in [1.54, 1.807) is 0 Å². The number of halogens is 4. The van der Waals surface area contributed by atoms with E-state index in [0.717, 1.165) is 6.07 Å². The van der Waals surface area contributed by atoms with Crippen molar-refractivity contribution in [2.45, 2.75) is 18.3 Å². The molecule has 2 rings (SSSR count). The second-order valence-corrected chi connectivity index (χ2v) is 4.48. The van der Waals surface area contributed by atoms with Crippen molar-refractivity contribution in [2.24, 2.45) is 0 Å². The molecule has 1 heterocycles. The van der Waals surface area contributed by atoms with Gasteiger partial charge in [0.15, 0.2) is 0 Å². The molecule has 1 aliphatic rings. The van der Waals surface area contributed by atoms with E-state index in [2.05, 4.69) is 5.32 Å². The van der Waals surface area contributed by atoms with Gasteiger partial charge in [0.25, 0.3) is 0 Å². The number of hydrogen-bond donors (Lipinski definition) is 2. The zero-order chi connectivity index (χ0) is 13.3. The largest absolute Gasteiger partial charge is 0.418 e. The lowest BCUT2D eigenvalue weighted by Gasteiger charge is -2.20. The smallest absolute Gasteiger partial charge is 0.388 e. The van der Waals surface area contributed by atoms with E-state index in [0.29, 0.717) is 0 Å². The Morgan fingerprint density at radius 1 is 1.33 bits per heavy atom. The van der Waals surface area contributed by atoms with Crippen LogP contribution in [0.1, 0.15) is 5.56 Å². The Morgan fingerprint density at radius 3 is 2.61 bits per heavy atom. The summed E-state index contributed by atoms with van der Waals surface area (Å²) >= 11 is 5.57. The third-order valence-electron chi connectivity index (χ3n) is 2.68. The lowest BCUT2D eigenvalue weighted by atomic mass is 10.1. The van der Waals surface area contributed by atoms with Gasteiger partial charge in [-0.3, -0.25) is 0 Å². The highest BCUT2D eigenvalue weighted by atomic mass is 35.5. The summed E-state index contributed by atoms with van der Waals surface area (Å²) in [4.78, 5) is 0. The maximum absolute atomic E-state index is 12.8. The third kappa shape index (κ3) is 2.88. The van der Waals surface area contributed by atoms with E-state index < -0.39 is 23.9 Å². The van der Waals surface area contributed by atoms with Gasteiger partial charge in [-0.05, 0) is 18.2 Å². The van der Waals surface area contributed by atoms with Crippen LogP contribution in [0.2, 0.25) is 5.02 Å². The normalized spacial score (nSPS) is 24.3. The number of aliphatic hydroxyl groups excluding tert-OH is 1. The summed E-state index contributed by atoms with van der Waals surface area (Å²) in [5.41, 5.74) is -0.962. The van der Waals surface area contributed by atoms with Gasteiger partial charge in [-0.2, -0.15) is 13.2 Å². The molecule has 7 heteroatoms. The van der Waals surface area contributed by atoms with Crippen molar-refractivity contribution in [3.63, 3.8) is 0 Å². The molecule has 3 nitrogen and oxygen atoms in total. The molecule has 1 saturated heterocycles. The molecule has 0 aliphatic carbocycles. The Hall–Kier alpha value is -0.980. The molecule has 0 saturated carbocycles. The van der Waals surface area contributed by atoms with Gasteiger partial charge in [-0.1, -0.05) is 11.6 Å². The summed E-state index contributed by atoms with van der Waals surface area (Å²) in [5.74, 6) is 0. The number of rotatable bonds is 2. The van der Waals surface area contributed by atoms with E-state index in [1.807, 2.05) is 0 Å². The second-order valence-electron chi connectivity index (χ2n) is 4.04. The fourth-order valence-electron chi connectivity index (χ4n) is 1.76. The van der Waals surface area contributed by atoms with Gasteiger partial charge in [0, 0.05) is 10.7 Å². The van der Waals surface area contributed by atoms with Crippen LogP contribution in [0.5, 0.6) is 0 Å². The van der Waals surface area contributed by atoms with Crippen LogP contribution in [0.25, 0.3) is 0 Å². The third-order valence-corrected chi connectivity index (χ3v) is 2.91. The standard InChI is InChI=1S/C11H11ClF3NO2/c12-6-1-2-8(7(3-6)11(13,14)15)16-9-4-18-5-10(9)17/h1-3,9-10,16-17H,4-5H2. The molecule has 2 N–H and O–H groups in total. The van der Waals surface area contributed by atoms with E-state index >= 15 is 0 Å². The van der Waals surface area contributed by atoms with Crippen LogP contribution in [0.3, 0.4) is 0 Å². The van der Waals surface area contributed by atoms with Crippen molar-refractivity contribution in [3.05, 3.63) is 28.8 Å². The predicted octanol–water partition coefficient (Wildman–Crippen LogP) is 2.53. The summed E-state index contributed by atoms with van der Waals surface area (Å²) in [6, 6.07) is 2.91. The quantitative estimate of drug-likeness (QED) is 0.875. The number of benzene rings is 1. The molecule has 1 aliphatic heterocycles. The zero-order valence-electron chi connectivity index (χ0n) is 9.17. The minimum atomic E-state index is -4.50. The fourth-order valence-corrected chi connectivity index (χ4v) is 1.93. The first-order valence-electron chi connectivity index (χ1n) is 5.27. The molecule has 100 valence electrons. The number of ether oxygens (including phenoxy) is 1. The topological polar surface area (TPSA) is 41.5 Å². The van der Waals surface area contributed by atoms with Crippen molar-refractivity contribution >= 4 is 17.3 Å². The summed E-state index contributed by atoms with van der Waals surface area (Å²) in [7, 11) is 0. The Labute approximate surface area is 107 Å². The first-order chi connectivity index (χ1) is 8.38. The van der Waals surface area contributed by atoms with Crippen molar-refractivity contribution in [2.75, 3.05) is 18.5 Å². The van der Waals surface area contributed by atoms with E-state index in [-0.39, 0.29) is 23.9 Å². The zero-order valence-corrected chi connectivity index (χ0v) is 9.92. The second kappa shape index (κ2) is 4.95. The SMILES string of the molecule is OC1COCC1Nc1ccc(Cl)cc1C(F)(F)F. The minimum absolute atomic E-state index is 0.0103. The number of alkyl halides is 3.